The van der Waals surface area contributed by atoms with Gasteiger partial charge in [0.2, 0.25) is 11.8 Å². The van der Waals surface area contributed by atoms with Crippen LogP contribution in [0.4, 0.5) is 0 Å². The molecule has 0 aliphatic rings. The lowest BCUT2D eigenvalue weighted by molar-refractivity contribution is -0.138. The zero-order valence-corrected chi connectivity index (χ0v) is 19.8. The van der Waals surface area contributed by atoms with Gasteiger partial charge in [-0.25, -0.2) is 0 Å². The normalized spacial score (nSPS) is 11.9. The number of hydrogen-bond donors (Lipinski definition) is 1. The fraction of sp³-hybridized carbons (Fsp3) is 0.391. The van der Waals surface area contributed by atoms with Crippen LogP contribution < -0.4 is 5.32 Å². The summed E-state index contributed by atoms with van der Waals surface area (Å²) in [5.41, 5.74) is 3.45. The first-order valence-electron chi connectivity index (χ1n) is 9.74. The van der Waals surface area contributed by atoms with Gasteiger partial charge in [-0.15, -0.1) is 11.8 Å². The Morgan fingerprint density at radius 2 is 1.72 bits per heavy atom. The van der Waals surface area contributed by atoms with Crippen molar-refractivity contribution in [2.24, 2.45) is 0 Å². The van der Waals surface area contributed by atoms with Crippen molar-refractivity contribution in [3.63, 3.8) is 0 Å². The number of benzene rings is 2. The summed E-state index contributed by atoms with van der Waals surface area (Å²) in [6.45, 7) is 8.12. The smallest absolute Gasteiger partial charge is 0.242 e. The first-order valence-corrected chi connectivity index (χ1v) is 11.7. The van der Waals surface area contributed by atoms with Crippen LogP contribution >= 0.6 is 27.7 Å². The number of carbonyl (C=O) groups is 2. The highest BCUT2D eigenvalue weighted by molar-refractivity contribution is 9.10. The van der Waals surface area contributed by atoms with E-state index in [0.29, 0.717) is 12.3 Å². The molecule has 1 N–H and O–H groups in total. The standard InChI is InChI=1S/C23H29BrN2O2S/c1-16(2)25-23(28)18(4)26(13-19-9-11-21(24)12-10-19)22(27)15-29-14-20-8-6-5-7-17(20)3/h5-12,16,18H,13-15H2,1-4H3,(H,25,28)/t18-/m0/s1. The lowest BCUT2D eigenvalue weighted by Crippen LogP contribution is -2.49. The molecule has 2 aromatic rings. The van der Waals surface area contributed by atoms with E-state index in [2.05, 4.69) is 40.3 Å². The van der Waals surface area contributed by atoms with E-state index in [0.717, 1.165) is 15.8 Å². The fourth-order valence-electron chi connectivity index (χ4n) is 2.88. The molecule has 6 heteroatoms. The van der Waals surface area contributed by atoms with Gasteiger partial charge in [0.1, 0.15) is 6.04 Å². The van der Waals surface area contributed by atoms with Gasteiger partial charge in [0.15, 0.2) is 0 Å². The summed E-state index contributed by atoms with van der Waals surface area (Å²) < 4.78 is 0.985. The molecule has 0 radical (unpaired) electrons. The van der Waals surface area contributed by atoms with E-state index in [-0.39, 0.29) is 17.9 Å². The molecule has 0 aliphatic carbocycles. The Kier molecular flexibility index (Phi) is 9.24. The zero-order valence-electron chi connectivity index (χ0n) is 17.4. The van der Waals surface area contributed by atoms with E-state index in [9.17, 15) is 9.59 Å². The van der Waals surface area contributed by atoms with E-state index < -0.39 is 6.04 Å². The Hall–Kier alpha value is -1.79. The van der Waals surface area contributed by atoms with Gasteiger partial charge in [0, 0.05) is 22.8 Å². The van der Waals surface area contributed by atoms with Crippen LogP contribution in [0.2, 0.25) is 0 Å². The van der Waals surface area contributed by atoms with Gasteiger partial charge in [0.25, 0.3) is 0 Å². The second kappa shape index (κ2) is 11.4. The molecule has 0 spiro atoms. The highest BCUT2D eigenvalue weighted by Crippen LogP contribution is 2.19. The quantitative estimate of drug-likeness (QED) is 0.557. The number of hydrogen-bond acceptors (Lipinski definition) is 3. The third-order valence-corrected chi connectivity index (χ3v) is 6.10. The zero-order chi connectivity index (χ0) is 21.4. The van der Waals surface area contributed by atoms with E-state index in [1.54, 1.807) is 23.6 Å². The van der Waals surface area contributed by atoms with Gasteiger partial charge in [-0.2, -0.15) is 0 Å². The third-order valence-electron chi connectivity index (χ3n) is 4.61. The largest absolute Gasteiger partial charge is 0.352 e. The van der Waals surface area contributed by atoms with Gasteiger partial charge >= 0.3 is 0 Å². The van der Waals surface area contributed by atoms with Gasteiger partial charge < -0.3 is 10.2 Å². The second-order valence-corrected chi connectivity index (χ2v) is 9.31. The molecule has 0 heterocycles. The van der Waals surface area contributed by atoms with Crippen LogP contribution in [0.3, 0.4) is 0 Å². The average molecular weight is 477 g/mol. The van der Waals surface area contributed by atoms with Crippen LogP contribution in [0, 0.1) is 6.92 Å². The van der Waals surface area contributed by atoms with Crippen LogP contribution in [0.15, 0.2) is 53.0 Å². The van der Waals surface area contributed by atoms with Gasteiger partial charge in [-0.3, -0.25) is 9.59 Å². The molecule has 1 atom stereocenters. The SMILES string of the molecule is Cc1ccccc1CSCC(=O)N(Cc1ccc(Br)cc1)[C@@H](C)C(=O)NC(C)C. The van der Waals surface area contributed by atoms with Crippen molar-refractivity contribution in [2.75, 3.05) is 5.75 Å². The molecule has 156 valence electrons. The lowest BCUT2D eigenvalue weighted by Gasteiger charge is -2.29. The topological polar surface area (TPSA) is 49.4 Å². The Bertz CT molecular complexity index is 824. The monoisotopic (exact) mass is 476 g/mol. The number of nitrogens with one attached hydrogen (secondary N) is 1. The maximum Gasteiger partial charge on any atom is 0.242 e. The molecule has 0 aliphatic heterocycles. The lowest BCUT2D eigenvalue weighted by atomic mass is 10.1. The van der Waals surface area contributed by atoms with Crippen LogP contribution in [-0.2, 0) is 21.9 Å². The molecule has 2 amide bonds. The fourth-order valence-corrected chi connectivity index (χ4v) is 4.13. The first kappa shape index (κ1) is 23.5. The van der Waals surface area contributed by atoms with Crippen molar-refractivity contribution in [3.05, 3.63) is 69.7 Å². The number of carbonyl (C=O) groups excluding carboxylic acids is 2. The Labute approximate surface area is 186 Å². The van der Waals surface area contributed by atoms with Crippen LogP contribution in [0.1, 0.15) is 37.5 Å². The minimum Gasteiger partial charge on any atom is -0.352 e. The predicted octanol–water partition coefficient (Wildman–Crippen LogP) is 4.93. The van der Waals surface area contributed by atoms with Crippen molar-refractivity contribution in [3.8, 4) is 0 Å². The molecule has 2 rings (SSSR count). The van der Waals surface area contributed by atoms with Crippen molar-refractivity contribution in [1.82, 2.24) is 10.2 Å². The number of aryl methyl sites for hydroxylation is 1. The van der Waals surface area contributed by atoms with E-state index in [1.807, 2.05) is 50.2 Å². The average Bonchev–Trinajstić information content (AvgIpc) is 2.68. The maximum atomic E-state index is 13.0. The molecule has 0 fully saturated rings. The van der Waals surface area contributed by atoms with E-state index >= 15 is 0 Å². The summed E-state index contributed by atoms with van der Waals surface area (Å²) in [5.74, 6) is 0.952. The van der Waals surface area contributed by atoms with Gasteiger partial charge in [0.05, 0.1) is 5.75 Å². The van der Waals surface area contributed by atoms with Crippen LogP contribution in [0.5, 0.6) is 0 Å². The van der Waals surface area contributed by atoms with Gasteiger partial charge in [-0.1, -0.05) is 52.3 Å². The summed E-state index contributed by atoms with van der Waals surface area (Å²) in [6, 6.07) is 15.5. The molecule has 0 saturated heterocycles. The summed E-state index contributed by atoms with van der Waals surface area (Å²) in [4.78, 5) is 27.3. The van der Waals surface area contributed by atoms with Crippen molar-refractivity contribution >= 4 is 39.5 Å². The molecular formula is C23H29BrN2O2S. The molecular weight excluding hydrogens is 448 g/mol. The number of nitrogens with zero attached hydrogens (tertiary/aromatic N) is 1. The van der Waals surface area contributed by atoms with Crippen LogP contribution in [0.25, 0.3) is 0 Å². The van der Waals surface area contributed by atoms with E-state index in [1.165, 1.54) is 11.1 Å². The second-order valence-electron chi connectivity index (χ2n) is 7.41. The number of amides is 2. The number of rotatable bonds is 9. The Morgan fingerprint density at radius 1 is 1.07 bits per heavy atom. The minimum absolute atomic E-state index is 0.0297. The molecule has 29 heavy (non-hydrogen) atoms. The highest BCUT2D eigenvalue weighted by atomic mass is 79.9. The number of thioether (sulfide) groups is 1. The maximum absolute atomic E-state index is 13.0. The summed E-state index contributed by atoms with van der Waals surface area (Å²) in [5, 5.41) is 2.92. The molecule has 0 saturated carbocycles. The summed E-state index contributed by atoms with van der Waals surface area (Å²) in [6.07, 6.45) is 0. The predicted molar refractivity (Wildman–Crippen MR) is 125 cm³/mol. The summed E-state index contributed by atoms with van der Waals surface area (Å²) >= 11 is 5.02. The van der Waals surface area contributed by atoms with Crippen LogP contribution in [-0.4, -0.2) is 34.6 Å². The van der Waals surface area contributed by atoms with Crippen molar-refractivity contribution in [1.29, 1.82) is 0 Å². The number of halogens is 1. The van der Waals surface area contributed by atoms with Crippen molar-refractivity contribution < 1.29 is 9.59 Å². The molecule has 2 aromatic carbocycles. The van der Waals surface area contributed by atoms with Crippen molar-refractivity contribution in [2.45, 2.75) is 52.1 Å². The van der Waals surface area contributed by atoms with E-state index in [4.69, 9.17) is 0 Å². The minimum atomic E-state index is -0.535. The molecule has 4 nitrogen and oxygen atoms in total. The molecule has 0 bridgehead atoms. The Balaban J connectivity index is 2.07. The third kappa shape index (κ3) is 7.52. The summed E-state index contributed by atoms with van der Waals surface area (Å²) in [7, 11) is 0. The molecule has 0 aromatic heterocycles. The highest BCUT2D eigenvalue weighted by Gasteiger charge is 2.26. The first-order chi connectivity index (χ1) is 13.8. The Morgan fingerprint density at radius 3 is 2.34 bits per heavy atom. The van der Waals surface area contributed by atoms with Gasteiger partial charge in [-0.05, 0) is 56.5 Å². The molecule has 0 unspecified atom stereocenters.